The van der Waals surface area contributed by atoms with Gasteiger partial charge in [0.25, 0.3) is 5.91 Å². The van der Waals surface area contributed by atoms with Gasteiger partial charge >= 0.3 is 0 Å². The number of nitrogens with zero attached hydrogens (tertiary/aromatic N) is 2. The van der Waals surface area contributed by atoms with Crippen molar-refractivity contribution in [3.8, 4) is 0 Å². The largest absolute Gasteiger partial charge is 0.367 e. The van der Waals surface area contributed by atoms with Crippen LogP contribution in [0.2, 0.25) is 0 Å². The van der Waals surface area contributed by atoms with Gasteiger partial charge in [-0.3, -0.25) is 4.79 Å². The molecule has 1 amide bonds. The molecule has 27 heavy (non-hydrogen) atoms. The zero-order valence-electron chi connectivity index (χ0n) is 16.5. The van der Waals surface area contributed by atoms with E-state index in [9.17, 15) is 4.79 Å². The number of amides is 1. The highest BCUT2D eigenvalue weighted by molar-refractivity contribution is 5.94. The average molecular weight is 366 g/mol. The molecule has 0 radical (unpaired) electrons. The van der Waals surface area contributed by atoms with Crippen molar-refractivity contribution >= 4 is 11.6 Å². The number of anilines is 1. The van der Waals surface area contributed by atoms with Gasteiger partial charge in [0.2, 0.25) is 0 Å². The summed E-state index contributed by atoms with van der Waals surface area (Å²) in [6, 6.07) is 18.6. The molecule has 0 bridgehead atoms. The molecule has 0 spiro atoms. The van der Waals surface area contributed by atoms with Crippen LogP contribution in [-0.4, -0.2) is 44.0 Å². The number of nitrogens with one attached hydrogen (secondary N) is 1. The average Bonchev–Trinajstić information content (AvgIpc) is 2.73. The standard InChI is InChI=1S/C23H31N3O/c1-3-25(18-20-7-5-4-6-8-20)22-11-9-21(10-12-22)23(27)26-15-13-19(14-16-26)17-24-2/h4-12,19,24H,3,13-18H2,1-2H3. The summed E-state index contributed by atoms with van der Waals surface area (Å²) in [5.41, 5.74) is 3.25. The van der Waals surface area contributed by atoms with E-state index in [2.05, 4.69) is 53.5 Å². The number of carbonyl (C=O) groups excluding carboxylic acids is 1. The van der Waals surface area contributed by atoms with Crippen molar-refractivity contribution in [1.29, 1.82) is 0 Å². The summed E-state index contributed by atoms with van der Waals surface area (Å²) < 4.78 is 0. The Labute approximate surface area is 163 Å². The van der Waals surface area contributed by atoms with Crippen LogP contribution in [0.15, 0.2) is 54.6 Å². The van der Waals surface area contributed by atoms with Gasteiger partial charge in [-0.1, -0.05) is 30.3 Å². The summed E-state index contributed by atoms with van der Waals surface area (Å²) in [7, 11) is 2.00. The van der Waals surface area contributed by atoms with Crippen molar-refractivity contribution in [3.05, 3.63) is 65.7 Å². The lowest BCUT2D eigenvalue weighted by Gasteiger charge is -2.32. The van der Waals surface area contributed by atoms with Crippen molar-refractivity contribution < 1.29 is 4.79 Å². The third-order valence-corrected chi connectivity index (χ3v) is 5.47. The fraction of sp³-hybridized carbons (Fsp3) is 0.435. The minimum Gasteiger partial charge on any atom is -0.367 e. The second-order valence-corrected chi connectivity index (χ2v) is 7.34. The maximum Gasteiger partial charge on any atom is 0.253 e. The summed E-state index contributed by atoms with van der Waals surface area (Å²) in [6.45, 7) is 6.75. The SMILES string of the molecule is CCN(Cc1ccccc1)c1ccc(C(=O)N2CCC(CNC)CC2)cc1. The van der Waals surface area contributed by atoms with E-state index < -0.39 is 0 Å². The molecule has 144 valence electrons. The highest BCUT2D eigenvalue weighted by Gasteiger charge is 2.23. The molecule has 2 aromatic carbocycles. The van der Waals surface area contributed by atoms with E-state index >= 15 is 0 Å². The maximum atomic E-state index is 12.8. The van der Waals surface area contributed by atoms with E-state index in [-0.39, 0.29) is 5.91 Å². The van der Waals surface area contributed by atoms with E-state index in [4.69, 9.17) is 0 Å². The Kier molecular flexibility index (Phi) is 6.88. The van der Waals surface area contributed by atoms with E-state index in [1.54, 1.807) is 0 Å². The van der Waals surface area contributed by atoms with Crippen LogP contribution in [0, 0.1) is 5.92 Å². The Balaban J connectivity index is 1.61. The van der Waals surface area contributed by atoms with E-state index in [1.165, 1.54) is 5.56 Å². The van der Waals surface area contributed by atoms with Gasteiger partial charge in [0.1, 0.15) is 0 Å². The number of hydrogen-bond acceptors (Lipinski definition) is 3. The molecule has 0 saturated carbocycles. The van der Waals surface area contributed by atoms with Crippen LogP contribution in [0.5, 0.6) is 0 Å². The Hall–Kier alpha value is -2.33. The van der Waals surface area contributed by atoms with Crippen molar-refractivity contribution in [2.45, 2.75) is 26.3 Å². The molecule has 1 heterocycles. The Morgan fingerprint density at radius 3 is 2.33 bits per heavy atom. The molecular weight excluding hydrogens is 334 g/mol. The highest BCUT2D eigenvalue weighted by atomic mass is 16.2. The van der Waals surface area contributed by atoms with E-state index in [0.29, 0.717) is 5.92 Å². The Morgan fingerprint density at radius 2 is 1.74 bits per heavy atom. The first-order chi connectivity index (χ1) is 13.2. The summed E-state index contributed by atoms with van der Waals surface area (Å²) in [6.07, 6.45) is 2.18. The topological polar surface area (TPSA) is 35.6 Å². The molecule has 4 nitrogen and oxygen atoms in total. The molecule has 0 aliphatic carbocycles. The van der Waals surface area contributed by atoms with Crippen LogP contribution in [0.1, 0.15) is 35.7 Å². The molecule has 0 unspecified atom stereocenters. The first-order valence-corrected chi connectivity index (χ1v) is 10.0. The van der Waals surface area contributed by atoms with E-state index in [1.807, 2.05) is 30.1 Å². The maximum absolute atomic E-state index is 12.8. The van der Waals surface area contributed by atoms with Crippen LogP contribution < -0.4 is 10.2 Å². The zero-order valence-corrected chi connectivity index (χ0v) is 16.5. The first kappa shape index (κ1) is 19.4. The summed E-state index contributed by atoms with van der Waals surface area (Å²) in [5, 5.41) is 3.24. The molecule has 3 rings (SSSR count). The lowest BCUT2D eigenvalue weighted by Crippen LogP contribution is -2.40. The summed E-state index contributed by atoms with van der Waals surface area (Å²) in [5.74, 6) is 0.855. The number of likely N-dealkylation sites (tertiary alicyclic amines) is 1. The fourth-order valence-corrected chi connectivity index (χ4v) is 3.82. The van der Waals surface area contributed by atoms with Crippen LogP contribution >= 0.6 is 0 Å². The number of benzene rings is 2. The lowest BCUT2D eigenvalue weighted by molar-refractivity contribution is 0.0691. The second kappa shape index (κ2) is 9.56. The number of hydrogen-bond donors (Lipinski definition) is 1. The van der Waals surface area contributed by atoms with Gasteiger partial charge in [0.05, 0.1) is 0 Å². The molecule has 1 fully saturated rings. The summed E-state index contributed by atoms with van der Waals surface area (Å²) in [4.78, 5) is 17.1. The molecule has 0 aromatic heterocycles. The zero-order chi connectivity index (χ0) is 19.1. The lowest BCUT2D eigenvalue weighted by atomic mass is 9.96. The minimum absolute atomic E-state index is 0.163. The van der Waals surface area contributed by atoms with Gasteiger partial charge in [-0.25, -0.2) is 0 Å². The molecular formula is C23H31N3O. The van der Waals surface area contributed by atoms with Crippen molar-refractivity contribution in [3.63, 3.8) is 0 Å². The van der Waals surface area contributed by atoms with E-state index in [0.717, 1.165) is 56.8 Å². The molecule has 0 atom stereocenters. The van der Waals surface area contributed by atoms with Crippen LogP contribution in [-0.2, 0) is 6.54 Å². The molecule has 1 aliphatic heterocycles. The van der Waals surface area contributed by atoms with Gasteiger partial charge in [-0.15, -0.1) is 0 Å². The smallest absolute Gasteiger partial charge is 0.253 e. The third-order valence-electron chi connectivity index (χ3n) is 5.47. The minimum atomic E-state index is 0.163. The predicted octanol–water partition coefficient (Wildman–Crippen LogP) is 3.78. The van der Waals surface area contributed by atoms with Gasteiger partial charge in [0, 0.05) is 37.4 Å². The first-order valence-electron chi connectivity index (χ1n) is 10.0. The fourth-order valence-electron chi connectivity index (χ4n) is 3.82. The number of rotatable bonds is 7. The third kappa shape index (κ3) is 5.10. The molecule has 4 heteroatoms. The Bertz CT molecular complexity index is 706. The monoisotopic (exact) mass is 365 g/mol. The van der Waals surface area contributed by atoms with Gasteiger partial charge in [-0.05, 0) is 69.1 Å². The van der Waals surface area contributed by atoms with Gasteiger partial charge in [-0.2, -0.15) is 0 Å². The normalized spacial score (nSPS) is 15.0. The van der Waals surface area contributed by atoms with Gasteiger partial charge < -0.3 is 15.1 Å². The van der Waals surface area contributed by atoms with Crippen molar-refractivity contribution in [2.24, 2.45) is 5.92 Å². The quantitative estimate of drug-likeness (QED) is 0.811. The summed E-state index contributed by atoms with van der Waals surface area (Å²) >= 11 is 0. The van der Waals surface area contributed by atoms with Crippen LogP contribution in [0.4, 0.5) is 5.69 Å². The predicted molar refractivity (Wildman–Crippen MR) is 112 cm³/mol. The number of piperidine rings is 1. The molecule has 2 aromatic rings. The van der Waals surface area contributed by atoms with Crippen molar-refractivity contribution in [2.75, 3.05) is 38.1 Å². The van der Waals surface area contributed by atoms with Crippen LogP contribution in [0.3, 0.4) is 0 Å². The molecule has 1 N–H and O–H groups in total. The van der Waals surface area contributed by atoms with Crippen LogP contribution in [0.25, 0.3) is 0 Å². The Morgan fingerprint density at radius 1 is 1.07 bits per heavy atom. The van der Waals surface area contributed by atoms with Crippen molar-refractivity contribution in [1.82, 2.24) is 10.2 Å². The molecule has 1 aliphatic rings. The number of carbonyl (C=O) groups is 1. The molecule has 1 saturated heterocycles. The van der Waals surface area contributed by atoms with Gasteiger partial charge in [0.15, 0.2) is 0 Å². The second-order valence-electron chi connectivity index (χ2n) is 7.34. The highest BCUT2D eigenvalue weighted by Crippen LogP contribution is 2.21.